The number of fused-ring (bicyclic) bond motifs is 1. The van der Waals surface area contributed by atoms with Gasteiger partial charge in [-0.3, -0.25) is 4.79 Å². The van der Waals surface area contributed by atoms with E-state index in [0.29, 0.717) is 24.2 Å². The Morgan fingerprint density at radius 2 is 2.09 bits per heavy atom. The number of carbonyl (C=O) groups excluding carboxylic acids is 1. The highest BCUT2D eigenvalue weighted by molar-refractivity contribution is 5.82. The maximum Gasteiger partial charge on any atom is 0.164 e. The summed E-state index contributed by atoms with van der Waals surface area (Å²) in [4.78, 5) is 14.9. The fourth-order valence-corrected chi connectivity index (χ4v) is 5.45. The second-order valence-electron chi connectivity index (χ2n) is 7.35. The van der Waals surface area contributed by atoms with Crippen LogP contribution in [0.25, 0.3) is 0 Å². The Labute approximate surface area is 137 Å². The molecule has 1 aromatic rings. The minimum absolute atomic E-state index is 0.0556. The van der Waals surface area contributed by atoms with Crippen molar-refractivity contribution in [2.75, 3.05) is 27.8 Å². The quantitative estimate of drug-likeness (QED) is 0.841. The lowest BCUT2D eigenvalue weighted by atomic mass is 9.52. The van der Waals surface area contributed by atoms with Crippen LogP contribution < -0.4 is 9.47 Å². The smallest absolute Gasteiger partial charge is 0.164 e. The van der Waals surface area contributed by atoms with Gasteiger partial charge in [-0.1, -0.05) is 6.07 Å². The number of hydrogen-bond donors (Lipinski definition) is 0. The molecule has 2 aliphatic carbocycles. The van der Waals surface area contributed by atoms with Crippen LogP contribution in [-0.4, -0.2) is 44.5 Å². The summed E-state index contributed by atoms with van der Waals surface area (Å²) in [5.41, 5.74) is 2.55. The highest BCUT2D eigenvalue weighted by atomic mass is 16.5. The Morgan fingerprint density at radius 1 is 1.26 bits per heavy atom. The average Bonchev–Trinajstić information content (AvgIpc) is 2.56. The molecule has 0 unspecified atom stereocenters. The van der Waals surface area contributed by atoms with E-state index < -0.39 is 0 Å². The summed E-state index contributed by atoms with van der Waals surface area (Å²) in [6.07, 6.45) is 4.49. The molecule has 4 heteroatoms. The first kappa shape index (κ1) is 15.0. The number of likely N-dealkylation sites (N-methyl/N-ethyl adjacent to an activating group) is 1. The minimum Gasteiger partial charge on any atom is -0.493 e. The lowest BCUT2D eigenvalue weighted by molar-refractivity contribution is -0.126. The molecule has 0 N–H and O–H groups in total. The van der Waals surface area contributed by atoms with Crippen molar-refractivity contribution in [3.05, 3.63) is 23.3 Å². The normalized spacial score (nSPS) is 32.9. The van der Waals surface area contributed by atoms with Crippen LogP contribution in [-0.2, 0) is 16.6 Å². The van der Waals surface area contributed by atoms with Crippen molar-refractivity contribution in [2.45, 2.75) is 43.6 Å². The van der Waals surface area contributed by atoms with Crippen molar-refractivity contribution in [1.29, 1.82) is 0 Å². The predicted molar refractivity (Wildman–Crippen MR) is 88.3 cm³/mol. The van der Waals surface area contributed by atoms with E-state index in [1.54, 1.807) is 14.2 Å². The van der Waals surface area contributed by atoms with Crippen molar-refractivity contribution in [3.63, 3.8) is 0 Å². The van der Waals surface area contributed by atoms with Crippen LogP contribution in [0.15, 0.2) is 12.1 Å². The van der Waals surface area contributed by atoms with Gasteiger partial charge in [0.15, 0.2) is 11.5 Å². The number of likely N-dealkylation sites (tertiary alicyclic amines) is 1. The number of piperidine rings is 1. The number of carbonyl (C=O) groups is 1. The van der Waals surface area contributed by atoms with Crippen molar-refractivity contribution < 1.29 is 14.3 Å². The Hall–Kier alpha value is -1.55. The number of methoxy groups -OCH3 is 2. The molecule has 0 amide bonds. The average molecular weight is 315 g/mol. The number of hydrogen-bond acceptors (Lipinski definition) is 4. The Bertz CT molecular complexity index is 656. The van der Waals surface area contributed by atoms with Crippen LogP contribution in [0, 0.1) is 5.92 Å². The van der Waals surface area contributed by atoms with Crippen molar-refractivity contribution in [2.24, 2.45) is 5.92 Å². The lowest BCUT2D eigenvalue weighted by Crippen LogP contribution is -2.61. The maximum atomic E-state index is 12.4. The minimum atomic E-state index is -0.0556. The summed E-state index contributed by atoms with van der Waals surface area (Å²) in [6.45, 7) is 1.05. The molecule has 23 heavy (non-hydrogen) atoms. The predicted octanol–water partition coefficient (Wildman–Crippen LogP) is 2.57. The van der Waals surface area contributed by atoms with E-state index in [4.69, 9.17) is 9.47 Å². The molecule has 4 rings (SSSR count). The zero-order chi connectivity index (χ0) is 16.2. The zero-order valence-corrected chi connectivity index (χ0v) is 14.2. The van der Waals surface area contributed by atoms with Gasteiger partial charge in [0.1, 0.15) is 5.78 Å². The topological polar surface area (TPSA) is 38.8 Å². The van der Waals surface area contributed by atoms with E-state index in [9.17, 15) is 4.79 Å². The van der Waals surface area contributed by atoms with Gasteiger partial charge in [-0.25, -0.2) is 0 Å². The van der Waals surface area contributed by atoms with Crippen LogP contribution in [0.1, 0.15) is 36.8 Å². The van der Waals surface area contributed by atoms with Gasteiger partial charge in [0, 0.05) is 29.9 Å². The van der Waals surface area contributed by atoms with E-state index in [2.05, 4.69) is 18.0 Å². The van der Waals surface area contributed by atoms with Gasteiger partial charge in [0.25, 0.3) is 0 Å². The molecule has 1 aliphatic heterocycles. The third-order valence-corrected chi connectivity index (χ3v) is 6.46. The largest absolute Gasteiger partial charge is 0.493 e. The summed E-state index contributed by atoms with van der Waals surface area (Å²) in [6, 6.07) is 4.73. The SMILES string of the molecule is COc1ccc2c(c1OC)[C@@]13CCN(C)[C@@H](C2)[C@@H]1CCC(=O)C3. The van der Waals surface area contributed by atoms with E-state index in [0.717, 1.165) is 43.7 Å². The molecule has 4 nitrogen and oxygen atoms in total. The van der Waals surface area contributed by atoms with Crippen LogP contribution >= 0.6 is 0 Å². The Balaban J connectivity index is 1.96. The van der Waals surface area contributed by atoms with Gasteiger partial charge < -0.3 is 14.4 Å². The molecule has 1 aromatic carbocycles. The van der Waals surface area contributed by atoms with Crippen LogP contribution in [0.2, 0.25) is 0 Å². The van der Waals surface area contributed by atoms with Gasteiger partial charge in [-0.15, -0.1) is 0 Å². The van der Waals surface area contributed by atoms with Gasteiger partial charge in [0.2, 0.25) is 0 Å². The second kappa shape index (κ2) is 5.23. The molecular formula is C19H25NO3. The van der Waals surface area contributed by atoms with Gasteiger partial charge in [0.05, 0.1) is 14.2 Å². The molecule has 0 radical (unpaired) electrons. The second-order valence-corrected chi connectivity index (χ2v) is 7.35. The molecule has 1 saturated heterocycles. The zero-order valence-electron chi connectivity index (χ0n) is 14.2. The Morgan fingerprint density at radius 3 is 2.83 bits per heavy atom. The van der Waals surface area contributed by atoms with E-state index >= 15 is 0 Å². The molecule has 0 spiro atoms. The van der Waals surface area contributed by atoms with Gasteiger partial charge in [-0.05, 0) is 50.4 Å². The van der Waals surface area contributed by atoms with Gasteiger partial charge in [-0.2, -0.15) is 0 Å². The lowest BCUT2D eigenvalue weighted by Gasteiger charge is -2.58. The fraction of sp³-hybridized carbons (Fsp3) is 0.632. The first-order chi connectivity index (χ1) is 11.1. The van der Waals surface area contributed by atoms with E-state index in [-0.39, 0.29) is 5.41 Å². The fourth-order valence-electron chi connectivity index (χ4n) is 5.45. The molecule has 3 atom stereocenters. The molecule has 3 aliphatic rings. The third-order valence-electron chi connectivity index (χ3n) is 6.46. The van der Waals surface area contributed by atoms with Crippen LogP contribution in [0.4, 0.5) is 0 Å². The number of benzene rings is 1. The summed E-state index contributed by atoms with van der Waals surface area (Å²) < 4.78 is 11.3. The van der Waals surface area contributed by atoms with E-state index in [1.165, 1.54) is 11.1 Å². The third kappa shape index (κ3) is 1.97. The summed E-state index contributed by atoms with van der Waals surface area (Å²) in [5, 5.41) is 0. The van der Waals surface area contributed by atoms with Crippen molar-refractivity contribution in [3.8, 4) is 11.5 Å². The molecule has 2 fully saturated rings. The highest BCUT2D eigenvalue weighted by Crippen LogP contribution is 2.58. The molecule has 2 bridgehead atoms. The first-order valence-corrected chi connectivity index (χ1v) is 8.57. The standard InChI is InChI=1S/C19H25NO3/c1-20-9-8-19-11-13(21)5-6-14(19)15(20)10-12-4-7-16(22-2)18(23-3)17(12)19/h4,7,14-15H,5-6,8-11H2,1-3H3/t14-,15-,19+/m0/s1. The summed E-state index contributed by atoms with van der Waals surface area (Å²) in [7, 11) is 5.64. The number of ether oxygens (including phenoxy) is 2. The maximum absolute atomic E-state index is 12.4. The van der Waals surface area contributed by atoms with Crippen molar-refractivity contribution >= 4 is 5.78 Å². The molecule has 1 saturated carbocycles. The summed E-state index contributed by atoms with van der Waals surface area (Å²) >= 11 is 0. The number of Topliss-reactive ketones (excluding diaryl/α,β-unsaturated/α-hetero) is 1. The Kier molecular flexibility index (Phi) is 3.41. The van der Waals surface area contributed by atoms with Crippen LogP contribution in [0.3, 0.4) is 0 Å². The van der Waals surface area contributed by atoms with Gasteiger partial charge >= 0.3 is 0 Å². The monoisotopic (exact) mass is 315 g/mol. The number of ketones is 1. The molecule has 124 valence electrons. The molecule has 0 aromatic heterocycles. The molecular weight excluding hydrogens is 290 g/mol. The van der Waals surface area contributed by atoms with Crippen LogP contribution in [0.5, 0.6) is 11.5 Å². The molecule has 1 heterocycles. The summed E-state index contributed by atoms with van der Waals surface area (Å²) in [5.74, 6) is 2.59. The number of rotatable bonds is 2. The van der Waals surface area contributed by atoms with E-state index in [1.807, 2.05) is 6.07 Å². The van der Waals surface area contributed by atoms with Crippen molar-refractivity contribution in [1.82, 2.24) is 4.90 Å². The number of nitrogens with zero attached hydrogens (tertiary/aromatic N) is 1. The first-order valence-electron chi connectivity index (χ1n) is 8.57. The highest BCUT2D eigenvalue weighted by Gasteiger charge is 2.56.